The largest absolute Gasteiger partial charge is 0.462 e. The Morgan fingerprint density at radius 1 is 1.52 bits per heavy atom. The molecule has 116 valence electrons. The Bertz CT molecular complexity index is 582. The monoisotopic (exact) mass is 294 g/mol. The van der Waals surface area contributed by atoms with Crippen LogP contribution in [0.15, 0.2) is 22.8 Å². The van der Waals surface area contributed by atoms with Crippen molar-refractivity contribution < 1.29 is 14.6 Å². The van der Waals surface area contributed by atoms with Crippen LogP contribution in [-0.4, -0.2) is 28.3 Å². The van der Waals surface area contributed by atoms with Gasteiger partial charge < -0.3 is 20.6 Å². The molecular weight excluding hydrogens is 272 g/mol. The van der Waals surface area contributed by atoms with E-state index in [-0.39, 0.29) is 12.2 Å². The molecule has 1 rings (SSSR count). The molecule has 0 saturated heterocycles. The fourth-order valence-corrected chi connectivity index (χ4v) is 1.66. The van der Waals surface area contributed by atoms with Crippen LogP contribution in [0.3, 0.4) is 0 Å². The van der Waals surface area contributed by atoms with Crippen molar-refractivity contribution in [2.24, 2.45) is 5.73 Å². The van der Waals surface area contributed by atoms with Crippen molar-refractivity contribution in [2.75, 3.05) is 6.61 Å². The molecule has 0 spiro atoms. The molecule has 0 aliphatic carbocycles. The van der Waals surface area contributed by atoms with E-state index in [1.54, 1.807) is 26.8 Å². The number of nitrogens with one attached hydrogen (secondary N) is 1. The number of esters is 1. The van der Waals surface area contributed by atoms with Gasteiger partial charge in [-0.15, -0.1) is 0 Å². The number of aliphatic hydroxyl groups is 1. The maximum atomic E-state index is 11.8. The molecule has 21 heavy (non-hydrogen) atoms. The molecule has 0 aromatic carbocycles. The van der Waals surface area contributed by atoms with Gasteiger partial charge in [0.25, 0.3) is 0 Å². The molecule has 0 bridgehead atoms. The average Bonchev–Trinajstić information content (AvgIpc) is 2.36. The quantitative estimate of drug-likeness (QED) is 0.688. The Morgan fingerprint density at radius 3 is 2.71 bits per heavy atom. The smallest absolute Gasteiger partial charge is 0.343 e. The Morgan fingerprint density at radius 2 is 2.19 bits per heavy atom. The van der Waals surface area contributed by atoms with Crippen molar-refractivity contribution in [3.63, 3.8) is 0 Å². The second kappa shape index (κ2) is 7.08. The third-order valence-electron chi connectivity index (χ3n) is 2.80. The van der Waals surface area contributed by atoms with Crippen LogP contribution in [-0.2, 0) is 4.74 Å². The van der Waals surface area contributed by atoms with E-state index in [0.29, 0.717) is 24.2 Å². The first kappa shape index (κ1) is 17.0. The number of carbonyl (C=O) groups excluding carboxylic acids is 1. The molecule has 4 N–H and O–H groups in total. The zero-order chi connectivity index (χ0) is 16.0. The molecule has 0 saturated carbocycles. The highest BCUT2D eigenvalue weighted by Crippen LogP contribution is 2.14. The van der Waals surface area contributed by atoms with Crippen LogP contribution in [0.4, 0.5) is 0 Å². The molecule has 0 atom stereocenters. The van der Waals surface area contributed by atoms with Crippen LogP contribution in [0.25, 0.3) is 6.08 Å². The van der Waals surface area contributed by atoms with Crippen molar-refractivity contribution >= 4 is 12.0 Å². The number of aromatic amines is 1. The maximum Gasteiger partial charge on any atom is 0.343 e. The molecule has 6 nitrogen and oxygen atoms in total. The van der Waals surface area contributed by atoms with Crippen LogP contribution in [0, 0.1) is 0 Å². The molecule has 1 aromatic rings. The minimum absolute atomic E-state index is 0.0379. The van der Waals surface area contributed by atoms with Crippen LogP contribution < -0.4 is 11.2 Å². The van der Waals surface area contributed by atoms with Gasteiger partial charge in [0.05, 0.1) is 12.2 Å². The zero-order valence-electron chi connectivity index (χ0n) is 12.6. The number of allylic oxidation sites excluding steroid dienone is 1. The van der Waals surface area contributed by atoms with Gasteiger partial charge in [0.15, 0.2) is 5.43 Å². The van der Waals surface area contributed by atoms with Crippen molar-refractivity contribution in [1.82, 2.24) is 4.98 Å². The SMILES string of the molecule is CCOC(=O)c1c[nH]c(/C=C(\N)CCC(C)(C)O)cc1=O. The van der Waals surface area contributed by atoms with E-state index in [9.17, 15) is 14.7 Å². The Hall–Kier alpha value is -2.08. The van der Waals surface area contributed by atoms with Crippen LogP contribution in [0.2, 0.25) is 0 Å². The number of hydrogen-bond donors (Lipinski definition) is 3. The van der Waals surface area contributed by atoms with Gasteiger partial charge in [-0.1, -0.05) is 0 Å². The number of nitrogens with two attached hydrogens (primary N) is 1. The summed E-state index contributed by atoms with van der Waals surface area (Å²) in [5.41, 5.74) is 5.63. The number of ether oxygens (including phenoxy) is 1. The number of aromatic nitrogens is 1. The first-order valence-electron chi connectivity index (χ1n) is 6.81. The summed E-state index contributed by atoms with van der Waals surface area (Å²) in [5, 5.41) is 9.63. The van der Waals surface area contributed by atoms with E-state index < -0.39 is 17.0 Å². The number of H-pyrrole nitrogens is 1. The summed E-state index contributed by atoms with van der Waals surface area (Å²) in [4.78, 5) is 26.2. The predicted octanol–water partition coefficient (Wildman–Crippen LogP) is 1.40. The highest BCUT2D eigenvalue weighted by Gasteiger charge is 2.13. The lowest BCUT2D eigenvalue weighted by Crippen LogP contribution is -2.19. The van der Waals surface area contributed by atoms with Crippen molar-refractivity contribution in [3.05, 3.63) is 39.4 Å². The topological polar surface area (TPSA) is 105 Å². The standard InChI is InChI=1S/C15H22N2O4/c1-4-21-14(19)12-9-17-11(8-13(12)18)7-10(16)5-6-15(2,3)20/h7-9,20H,4-6,16H2,1-3H3,(H,17,18)/b10-7-. The lowest BCUT2D eigenvalue weighted by atomic mass is 10.0. The van der Waals surface area contributed by atoms with Crippen molar-refractivity contribution in [1.29, 1.82) is 0 Å². The van der Waals surface area contributed by atoms with E-state index in [0.717, 1.165) is 0 Å². The molecule has 1 heterocycles. The molecule has 0 aliphatic heterocycles. The third kappa shape index (κ3) is 5.83. The van der Waals surface area contributed by atoms with Crippen LogP contribution >= 0.6 is 0 Å². The zero-order valence-corrected chi connectivity index (χ0v) is 12.6. The number of hydrogen-bond acceptors (Lipinski definition) is 5. The third-order valence-corrected chi connectivity index (χ3v) is 2.80. The van der Waals surface area contributed by atoms with Crippen LogP contribution in [0.1, 0.15) is 49.7 Å². The minimum Gasteiger partial charge on any atom is -0.462 e. The first-order valence-corrected chi connectivity index (χ1v) is 6.81. The summed E-state index contributed by atoms with van der Waals surface area (Å²) in [6, 6.07) is 1.29. The molecule has 1 aromatic heterocycles. The van der Waals surface area contributed by atoms with Gasteiger partial charge in [0, 0.05) is 23.7 Å². The van der Waals surface area contributed by atoms with Gasteiger partial charge >= 0.3 is 5.97 Å². The fourth-order valence-electron chi connectivity index (χ4n) is 1.66. The molecule has 0 fully saturated rings. The highest BCUT2D eigenvalue weighted by atomic mass is 16.5. The van der Waals surface area contributed by atoms with Gasteiger partial charge in [0.1, 0.15) is 5.56 Å². The second-order valence-electron chi connectivity index (χ2n) is 5.42. The second-order valence-corrected chi connectivity index (χ2v) is 5.42. The first-order chi connectivity index (χ1) is 9.73. The van der Waals surface area contributed by atoms with E-state index in [4.69, 9.17) is 10.5 Å². The number of pyridine rings is 1. The average molecular weight is 294 g/mol. The van der Waals surface area contributed by atoms with Gasteiger partial charge in [0.2, 0.25) is 0 Å². The summed E-state index contributed by atoms with van der Waals surface area (Å²) >= 11 is 0. The molecule has 0 aliphatic rings. The molecule has 6 heteroatoms. The number of carbonyl (C=O) groups is 1. The summed E-state index contributed by atoms with van der Waals surface area (Å²) in [6.45, 7) is 5.29. The summed E-state index contributed by atoms with van der Waals surface area (Å²) in [5.74, 6) is -0.649. The fraction of sp³-hybridized carbons (Fsp3) is 0.467. The Kier molecular flexibility index (Phi) is 5.72. The predicted molar refractivity (Wildman–Crippen MR) is 80.7 cm³/mol. The molecule has 0 radical (unpaired) electrons. The van der Waals surface area contributed by atoms with Crippen molar-refractivity contribution in [3.8, 4) is 0 Å². The summed E-state index contributed by atoms with van der Waals surface area (Å²) in [6.07, 6.45) is 3.95. The van der Waals surface area contributed by atoms with E-state index >= 15 is 0 Å². The molecule has 0 amide bonds. The van der Waals surface area contributed by atoms with Crippen molar-refractivity contribution in [2.45, 2.75) is 39.2 Å². The van der Waals surface area contributed by atoms with E-state index in [2.05, 4.69) is 4.98 Å². The molecule has 0 unspecified atom stereocenters. The Balaban J connectivity index is 2.84. The summed E-state index contributed by atoms with van der Waals surface area (Å²) in [7, 11) is 0. The highest BCUT2D eigenvalue weighted by molar-refractivity contribution is 5.89. The van der Waals surface area contributed by atoms with E-state index in [1.807, 2.05) is 0 Å². The normalized spacial score (nSPS) is 12.3. The number of rotatable bonds is 6. The summed E-state index contributed by atoms with van der Waals surface area (Å²) < 4.78 is 4.78. The Labute approximate surface area is 123 Å². The van der Waals surface area contributed by atoms with Crippen LogP contribution in [0.5, 0.6) is 0 Å². The van der Waals surface area contributed by atoms with E-state index in [1.165, 1.54) is 12.3 Å². The lowest BCUT2D eigenvalue weighted by molar-refractivity contribution is 0.0524. The van der Waals surface area contributed by atoms with Gasteiger partial charge in [-0.2, -0.15) is 0 Å². The lowest BCUT2D eigenvalue weighted by Gasteiger charge is -2.16. The maximum absolute atomic E-state index is 11.8. The van der Waals surface area contributed by atoms with Gasteiger partial charge in [-0.25, -0.2) is 4.79 Å². The van der Waals surface area contributed by atoms with Gasteiger partial charge in [-0.05, 0) is 39.7 Å². The molecular formula is C15H22N2O4. The minimum atomic E-state index is -0.792. The van der Waals surface area contributed by atoms with Gasteiger partial charge in [-0.3, -0.25) is 4.79 Å².